The van der Waals surface area contributed by atoms with Crippen molar-refractivity contribution in [3.63, 3.8) is 0 Å². The van der Waals surface area contributed by atoms with E-state index in [1.807, 2.05) is 25.5 Å². The Bertz CT molecular complexity index is 710. The quantitative estimate of drug-likeness (QED) is 0.869. The lowest BCUT2D eigenvalue weighted by Gasteiger charge is -2.24. The van der Waals surface area contributed by atoms with Crippen LogP contribution in [0, 0.1) is 6.92 Å². The average molecular weight is 315 g/mol. The highest BCUT2D eigenvalue weighted by Crippen LogP contribution is 2.20. The van der Waals surface area contributed by atoms with Gasteiger partial charge in [0, 0.05) is 18.7 Å². The summed E-state index contributed by atoms with van der Waals surface area (Å²) >= 11 is 0. The maximum absolute atomic E-state index is 12.2. The van der Waals surface area contributed by atoms with E-state index in [0.717, 1.165) is 24.5 Å². The van der Waals surface area contributed by atoms with Crippen molar-refractivity contribution in [3.05, 3.63) is 35.5 Å². The Morgan fingerprint density at radius 3 is 3.09 bits per heavy atom. The first-order valence-electron chi connectivity index (χ1n) is 7.86. The summed E-state index contributed by atoms with van der Waals surface area (Å²) < 4.78 is 7.20. The predicted molar refractivity (Wildman–Crippen MR) is 85.3 cm³/mol. The molecule has 0 unspecified atom stereocenters. The number of nitrogens with zero attached hydrogens (tertiary/aromatic N) is 4. The zero-order chi connectivity index (χ0) is 16.4. The van der Waals surface area contributed by atoms with Crippen LogP contribution in [0.2, 0.25) is 0 Å². The number of fused-ring (bicyclic) bond motifs is 1. The van der Waals surface area contributed by atoms with E-state index in [-0.39, 0.29) is 18.1 Å². The molecule has 1 N–H and O–H groups in total. The van der Waals surface area contributed by atoms with E-state index in [1.165, 1.54) is 0 Å². The molecule has 0 bridgehead atoms. The maximum atomic E-state index is 12.2. The first kappa shape index (κ1) is 15.5. The number of rotatable bonds is 4. The first-order chi connectivity index (χ1) is 11.0. The number of ether oxygens (including phenoxy) is 1. The lowest BCUT2D eigenvalue weighted by atomic mass is 10.1. The molecule has 1 aliphatic heterocycles. The van der Waals surface area contributed by atoms with Gasteiger partial charge in [-0.25, -0.2) is 19.4 Å². The SMILES string of the molecule is Cc1nc2n(n1)C[C@@H](Nc1ncccc1C(=O)OC(C)C)CC2. The molecule has 0 amide bonds. The Morgan fingerprint density at radius 2 is 2.30 bits per heavy atom. The molecule has 122 valence electrons. The van der Waals surface area contributed by atoms with Crippen LogP contribution in [0.1, 0.15) is 42.3 Å². The van der Waals surface area contributed by atoms with Gasteiger partial charge in [0.2, 0.25) is 0 Å². The second kappa shape index (κ2) is 6.36. The summed E-state index contributed by atoms with van der Waals surface area (Å²) in [5.41, 5.74) is 0.460. The molecule has 0 saturated heterocycles. The molecular formula is C16H21N5O2. The van der Waals surface area contributed by atoms with Gasteiger partial charge in [-0.3, -0.25) is 0 Å². The van der Waals surface area contributed by atoms with Crippen molar-refractivity contribution >= 4 is 11.8 Å². The van der Waals surface area contributed by atoms with Crippen LogP contribution in [-0.2, 0) is 17.7 Å². The molecule has 0 saturated carbocycles. The van der Waals surface area contributed by atoms with Gasteiger partial charge in [0.15, 0.2) is 0 Å². The molecule has 7 heteroatoms. The highest BCUT2D eigenvalue weighted by molar-refractivity contribution is 5.94. The Balaban J connectivity index is 1.75. The van der Waals surface area contributed by atoms with E-state index in [4.69, 9.17) is 4.74 Å². The number of esters is 1. The van der Waals surface area contributed by atoms with Crippen LogP contribution in [0.3, 0.4) is 0 Å². The van der Waals surface area contributed by atoms with Crippen molar-refractivity contribution in [2.24, 2.45) is 0 Å². The molecule has 0 aromatic carbocycles. The zero-order valence-corrected chi connectivity index (χ0v) is 13.6. The molecule has 1 atom stereocenters. The summed E-state index contributed by atoms with van der Waals surface area (Å²) in [6, 6.07) is 3.62. The Kier molecular flexibility index (Phi) is 4.27. The number of aryl methyl sites for hydroxylation is 2. The number of pyridine rings is 1. The molecule has 0 fully saturated rings. The van der Waals surface area contributed by atoms with Crippen molar-refractivity contribution in [2.75, 3.05) is 5.32 Å². The highest BCUT2D eigenvalue weighted by Gasteiger charge is 2.23. The number of nitrogens with one attached hydrogen (secondary N) is 1. The minimum absolute atomic E-state index is 0.157. The van der Waals surface area contributed by atoms with Gasteiger partial charge in [0.05, 0.1) is 12.6 Å². The van der Waals surface area contributed by atoms with Crippen LogP contribution in [0.25, 0.3) is 0 Å². The standard InChI is InChI=1S/C16H21N5O2/c1-10(2)23-16(22)13-5-4-8-17-15(13)19-12-6-7-14-18-11(3)20-21(14)9-12/h4-5,8,10,12H,6-7,9H2,1-3H3,(H,17,19)/t12-/m0/s1. The largest absolute Gasteiger partial charge is 0.459 e. The Labute approximate surface area is 135 Å². The minimum atomic E-state index is -0.358. The van der Waals surface area contributed by atoms with Gasteiger partial charge in [0.1, 0.15) is 23.0 Å². The van der Waals surface area contributed by atoms with E-state index in [0.29, 0.717) is 17.9 Å². The molecule has 2 aromatic heterocycles. The Morgan fingerprint density at radius 1 is 1.48 bits per heavy atom. The lowest BCUT2D eigenvalue weighted by Crippen LogP contribution is -2.33. The summed E-state index contributed by atoms with van der Waals surface area (Å²) in [5.74, 6) is 2.01. The monoisotopic (exact) mass is 315 g/mol. The minimum Gasteiger partial charge on any atom is -0.459 e. The topological polar surface area (TPSA) is 81.9 Å². The first-order valence-corrected chi connectivity index (χ1v) is 7.86. The molecular weight excluding hydrogens is 294 g/mol. The maximum Gasteiger partial charge on any atom is 0.342 e. The fourth-order valence-electron chi connectivity index (χ4n) is 2.71. The average Bonchev–Trinajstić information content (AvgIpc) is 2.86. The van der Waals surface area contributed by atoms with Crippen molar-refractivity contribution in [1.29, 1.82) is 0 Å². The lowest BCUT2D eigenvalue weighted by molar-refractivity contribution is 0.0378. The molecule has 3 rings (SSSR count). The zero-order valence-electron chi connectivity index (χ0n) is 13.6. The van der Waals surface area contributed by atoms with Gasteiger partial charge >= 0.3 is 5.97 Å². The summed E-state index contributed by atoms with van der Waals surface area (Å²) in [6.07, 6.45) is 3.29. The molecule has 3 heterocycles. The Hall–Kier alpha value is -2.44. The third-order valence-corrected chi connectivity index (χ3v) is 3.68. The number of hydrogen-bond donors (Lipinski definition) is 1. The molecule has 2 aromatic rings. The van der Waals surface area contributed by atoms with E-state index in [1.54, 1.807) is 18.3 Å². The van der Waals surface area contributed by atoms with Gasteiger partial charge in [-0.15, -0.1) is 0 Å². The van der Waals surface area contributed by atoms with Crippen LogP contribution in [-0.4, -0.2) is 37.9 Å². The molecule has 0 spiro atoms. The number of carbonyl (C=O) groups is 1. The fourth-order valence-corrected chi connectivity index (χ4v) is 2.71. The van der Waals surface area contributed by atoms with Crippen LogP contribution >= 0.6 is 0 Å². The molecule has 1 aliphatic rings. The summed E-state index contributed by atoms with van der Waals surface area (Å²) in [5, 5.41) is 7.75. The summed E-state index contributed by atoms with van der Waals surface area (Å²) in [7, 11) is 0. The van der Waals surface area contributed by atoms with Gasteiger partial charge in [-0.05, 0) is 39.3 Å². The van der Waals surface area contributed by atoms with Gasteiger partial charge in [-0.2, -0.15) is 5.10 Å². The fraction of sp³-hybridized carbons (Fsp3) is 0.500. The summed E-state index contributed by atoms with van der Waals surface area (Å²) in [4.78, 5) is 20.9. The second-order valence-corrected chi connectivity index (χ2v) is 5.99. The molecule has 7 nitrogen and oxygen atoms in total. The van der Waals surface area contributed by atoms with Crippen molar-refractivity contribution in [1.82, 2.24) is 19.7 Å². The predicted octanol–water partition coefficient (Wildman–Crippen LogP) is 1.97. The van der Waals surface area contributed by atoms with Gasteiger partial charge < -0.3 is 10.1 Å². The number of anilines is 1. The molecule has 23 heavy (non-hydrogen) atoms. The van der Waals surface area contributed by atoms with E-state index < -0.39 is 0 Å². The van der Waals surface area contributed by atoms with Crippen LogP contribution in [0.5, 0.6) is 0 Å². The van der Waals surface area contributed by atoms with E-state index in [9.17, 15) is 4.79 Å². The molecule has 0 radical (unpaired) electrons. The normalized spacial score (nSPS) is 17.0. The van der Waals surface area contributed by atoms with Gasteiger partial charge in [-0.1, -0.05) is 0 Å². The molecule has 0 aliphatic carbocycles. The van der Waals surface area contributed by atoms with E-state index in [2.05, 4.69) is 20.4 Å². The number of carbonyl (C=O) groups excluding carboxylic acids is 1. The van der Waals surface area contributed by atoms with Crippen LogP contribution < -0.4 is 5.32 Å². The van der Waals surface area contributed by atoms with Crippen molar-refractivity contribution in [3.8, 4) is 0 Å². The second-order valence-electron chi connectivity index (χ2n) is 5.99. The van der Waals surface area contributed by atoms with Crippen molar-refractivity contribution < 1.29 is 9.53 Å². The van der Waals surface area contributed by atoms with E-state index >= 15 is 0 Å². The van der Waals surface area contributed by atoms with Crippen molar-refractivity contribution in [2.45, 2.75) is 52.3 Å². The number of aromatic nitrogens is 4. The van der Waals surface area contributed by atoms with Gasteiger partial charge in [0.25, 0.3) is 0 Å². The van der Waals surface area contributed by atoms with Crippen LogP contribution in [0.15, 0.2) is 18.3 Å². The third kappa shape index (κ3) is 3.49. The third-order valence-electron chi connectivity index (χ3n) is 3.68. The smallest absolute Gasteiger partial charge is 0.342 e. The van der Waals surface area contributed by atoms with Crippen LogP contribution in [0.4, 0.5) is 5.82 Å². The summed E-state index contributed by atoms with van der Waals surface area (Å²) in [6.45, 7) is 6.27. The number of hydrogen-bond acceptors (Lipinski definition) is 6. The highest BCUT2D eigenvalue weighted by atomic mass is 16.5.